The van der Waals surface area contributed by atoms with Gasteiger partial charge >= 0.3 is 11.9 Å². The van der Waals surface area contributed by atoms with Gasteiger partial charge in [0.2, 0.25) is 0 Å². The van der Waals surface area contributed by atoms with E-state index in [1.54, 1.807) is 60.7 Å². The standard InChI is InChI=1S/C19H17N3O6/c20-22-21-17-15(23)16(28-19(25)13-9-5-2-6-10-13)14(27-17)11-26-18(24)12-7-3-1-4-8-12/h1-10,14-17,23H,11H2/t14-,15-,16+,17+/m1/s1. The van der Waals surface area contributed by atoms with Gasteiger partial charge in [-0.1, -0.05) is 41.5 Å². The third kappa shape index (κ3) is 4.47. The zero-order chi connectivity index (χ0) is 19.9. The van der Waals surface area contributed by atoms with Gasteiger partial charge in [0.15, 0.2) is 12.3 Å². The smallest absolute Gasteiger partial charge is 0.338 e. The van der Waals surface area contributed by atoms with E-state index >= 15 is 0 Å². The van der Waals surface area contributed by atoms with Crippen LogP contribution in [0.5, 0.6) is 0 Å². The molecule has 2 aromatic carbocycles. The van der Waals surface area contributed by atoms with Crippen molar-refractivity contribution >= 4 is 11.9 Å². The number of carbonyl (C=O) groups is 2. The predicted octanol–water partition coefficient (Wildman–Crippen LogP) is 2.47. The molecule has 1 heterocycles. The van der Waals surface area contributed by atoms with Crippen LogP contribution in [-0.4, -0.2) is 48.2 Å². The van der Waals surface area contributed by atoms with Crippen LogP contribution in [0, 0.1) is 0 Å². The number of carbonyl (C=O) groups excluding carboxylic acids is 2. The van der Waals surface area contributed by atoms with E-state index in [9.17, 15) is 14.7 Å². The minimum atomic E-state index is -1.40. The number of benzene rings is 2. The lowest BCUT2D eigenvalue weighted by atomic mass is 10.1. The Morgan fingerprint density at radius 2 is 1.61 bits per heavy atom. The molecule has 1 aliphatic rings. The minimum absolute atomic E-state index is 0.280. The number of hydrogen-bond donors (Lipinski definition) is 1. The molecule has 9 nitrogen and oxygen atoms in total. The van der Waals surface area contributed by atoms with Crippen LogP contribution in [-0.2, 0) is 14.2 Å². The molecule has 0 unspecified atom stereocenters. The van der Waals surface area contributed by atoms with Crippen LogP contribution in [0.2, 0.25) is 0 Å². The topological polar surface area (TPSA) is 131 Å². The fourth-order valence-electron chi connectivity index (χ4n) is 2.73. The monoisotopic (exact) mass is 383 g/mol. The van der Waals surface area contributed by atoms with Crippen LogP contribution in [0.4, 0.5) is 0 Å². The summed E-state index contributed by atoms with van der Waals surface area (Å²) in [5.74, 6) is -1.28. The van der Waals surface area contributed by atoms with Gasteiger partial charge in [-0.05, 0) is 29.8 Å². The molecule has 0 amide bonds. The van der Waals surface area contributed by atoms with Crippen molar-refractivity contribution in [3.05, 3.63) is 82.2 Å². The summed E-state index contributed by atoms with van der Waals surface area (Å²) in [6.45, 7) is -0.297. The number of aliphatic hydroxyl groups excluding tert-OH is 1. The molecule has 0 aliphatic carbocycles. The Labute approximate surface area is 160 Å². The highest BCUT2D eigenvalue weighted by Crippen LogP contribution is 2.26. The Balaban J connectivity index is 1.70. The Bertz CT molecular complexity index is 870. The highest BCUT2D eigenvalue weighted by atomic mass is 16.6. The fourth-order valence-corrected chi connectivity index (χ4v) is 2.73. The molecule has 144 valence electrons. The SMILES string of the molecule is [N-]=[N+]=N[C@H]1O[C@H](COC(=O)c2ccccc2)[C@H](OC(=O)c2ccccc2)[C@H]1O. The molecule has 1 fully saturated rings. The molecule has 2 aromatic rings. The van der Waals surface area contributed by atoms with Gasteiger partial charge in [0.1, 0.15) is 18.8 Å². The minimum Gasteiger partial charge on any atom is -0.459 e. The zero-order valence-corrected chi connectivity index (χ0v) is 14.6. The summed E-state index contributed by atoms with van der Waals surface area (Å²) in [5.41, 5.74) is 9.24. The van der Waals surface area contributed by atoms with Gasteiger partial charge in [0.25, 0.3) is 0 Å². The third-order valence-electron chi connectivity index (χ3n) is 4.12. The molecule has 0 radical (unpaired) electrons. The number of rotatable bonds is 6. The maximum absolute atomic E-state index is 12.3. The van der Waals surface area contributed by atoms with Crippen molar-refractivity contribution in [3.63, 3.8) is 0 Å². The van der Waals surface area contributed by atoms with E-state index in [2.05, 4.69) is 10.0 Å². The van der Waals surface area contributed by atoms with Gasteiger partial charge in [0, 0.05) is 4.91 Å². The van der Waals surface area contributed by atoms with Crippen molar-refractivity contribution in [2.24, 2.45) is 5.11 Å². The van der Waals surface area contributed by atoms with Crippen molar-refractivity contribution < 1.29 is 28.9 Å². The summed E-state index contributed by atoms with van der Waals surface area (Å²) in [6, 6.07) is 16.5. The van der Waals surface area contributed by atoms with Gasteiger partial charge in [-0.2, -0.15) is 0 Å². The van der Waals surface area contributed by atoms with Gasteiger partial charge in [-0.3, -0.25) is 0 Å². The number of nitrogens with zero attached hydrogens (tertiary/aromatic N) is 3. The van der Waals surface area contributed by atoms with Crippen LogP contribution in [0.3, 0.4) is 0 Å². The number of ether oxygens (including phenoxy) is 3. The summed E-state index contributed by atoms with van der Waals surface area (Å²) in [5, 5.41) is 13.7. The van der Waals surface area contributed by atoms with E-state index in [0.29, 0.717) is 5.56 Å². The third-order valence-corrected chi connectivity index (χ3v) is 4.12. The lowest BCUT2D eigenvalue weighted by Crippen LogP contribution is -2.39. The fraction of sp³-hybridized carbons (Fsp3) is 0.263. The molecule has 0 spiro atoms. The largest absolute Gasteiger partial charge is 0.459 e. The summed E-state index contributed by atoms with van der Waals surface area (Å²) >= 11 is 0. The van der Waals surface area contributed by atoms with Gasteiger partial charge in [-0.15, -0.1) is 0 Å². The summed E-state index contributed by atoms with van der Waals surface area (Å²) in [6.07, 6.45) is -4.83. The quantitative estimate of drug-likeness (QED) is 0.353. The summed E-state index contributed by atoms with van der Waals surface area (Å²) < 4.78 is 16.0. The second-order valence-corrected chi connectivity index (χ2v) is 5.96. The van der Waals surface area contributed by atoms with Crippen LogP contribution in [0.1, 0.15) is 20.7 Å². The van der Waals surface area contributed by atoms with Gasteiger partial charge in [-0.25, -0.2) is 9.59 Å². The van der Waals surface area contributed by atoms with Crippen molar-refractivity contribution in [2.75, 3.05) is 6.61 Å². The average molecular weight is 383 g/mol. The molecule has 0 saturated carbocycles. The normalized spacial score (nSPS) is 23.5. The maximum Gasteiger partial charge on any atom is 0.338 e. The molecule has 0 bridgehead atoms. The first-order valence-electron chi connectivity index (χ1n) is 8.46. The van der Waals surface area contributed by atoms with E-state index in [1.807, 2.05) is 0 Å². The summed E-state index contributed by atoms with van der Waals surface area (Å²) in [7, 11) is 0. The van der Waals surface area contributed by atoms with E-state index in [4.69, 9.17) is 19.7 Å². The van der Waals surface area contributed by atoms with Crippen molar-refractivity contribution in [3.8, 4) is 0 Å². The maximum atomic E-state index is 12.3. The van der Waals surface area contributed by atoms with Gasteiger partial charge in [0.05, 0.1) is 11.1 Å². The molecular formula is C19H17N3O6. The first kappa shape index (κ1) is 19.4. The van der Waals surface area contributed by atoms with E-state index in [0.717, 1.165) is 0 Å². The molecule has 1 N–H and O–H groups in total. The Morgan fingerprint density at radius 1 is 1.04 bits per heavy atom. The van der Waals surface area contributed by atoms with Crippen LogP contribution in [0.25, 0.3) is 10.4 Å². The number of hydrogen-bond acceptors (Lipinski definition) is 7. The molecular weight excluding hydrogens is 366 g/mol. The van der Waals surface area contributed by atoms with Crippen LogP contribution >= 0.6 is 0 Å². The molecule has 3 rings (SSSR count). The van der Waals surface area contributed by atoms with E-state index in [1.165, 1.54) is 0 Å². The second-order valence-electron chi connectivity index (χ2n) is 5.96. The predicted molar refractivity (Wildman–Crippen MR) is 96.2 cm³/mol. The first-order chi connectivity index (χ1) is 13.6. The highest BCUT2D eigenvalue weighted by Gasteiger charge is 2.46. The molecule has 0 aromatic heterocycles. The molecule has 9 heteroatoms. The number of esters is 2. The average Bonchev–Trinajstić information content (AvgIpc) is 3.02. The number of azide groups is 1. The molecule has 4 atom stereocenters. The van der Waals surface area contributed by atoms with E-state index in [-0.39, 0.29) is 12.2 Å². The Morgan fingerprint density at radius 3 is 2.18 bits per heavy atom. The van der Waals surface area contributed by atoms with E-state index < -0.39 is 36.5 Å². The number of aliphatic hydroxyl groups is 1. The van der Waals surface area contributed by atoms with Crippen molar-refractivity contribution in [1.82, 2.24) is 0 Å². The molecule has 1 aliphatic heterocycles. The van der Waals surface area contributed by atoms with Crippen LogP contribution in [0.15, 0.2) is 65.8 Å². The molecule has 28 heavy (non-hydrogen) atoms. The van der Waals surface area contributed by atoms with Crippen molar-refractivity contribution in [1.29, 1.82) is 0 Å². The Kier molecular flexibility index (Phi) is 6.23. The first-order valence-corrected chi connectivity index (χ1v) is 8.46. The Hall–Kier alpha value is -3.39. The van der Waals surface area contributed by atoms with Crippen molar-refractivity contribution in [2.45, 2.75) is 24.5 Å². The van der Waals surface area contributed by atoms with Gasteiger partial charge < -0.3 is 19.3 Å². The lowest BCUT2D eigenvalue weighted by molar-refractivity contribution is -0.0427. The lowest BCUT2D eigenvalue weighted by Gasteiger charge is -2.20. The molecule has 1 saturated heterocycles. The summed E-state index contributed by atoms with van der Waals surface area (Å²) in [4.78, 5) is 27.0. The zero-order valence-electron chi connectivity index (χ0n) is 14.6. The highest BCUT2D eigenvalue weighted by molar-refractivity contribution is 5.90. The van der Waals surface area contributed by atoms with Crippen LogP contribution < -0.4 is 0 Å². The second kappa shape index (κ2) is 9.01.